The van der Waals surface area contributed by atoms with E-state index in [0.717, 1.165) is 55.9 Å². The minimum atomic E-state index is 0.698. The Morgan fingerprint density at radius 2 is 0.925 bits per heavy atom. The van der Waals surface area contributed by atoms with Gasteiger partial charge < -0.3 is 0 Å². The molecule has 2 heterocycles. The molecule has 0 atom stereocenters. The molecule has 0 fully saturated rings. The quantitative estimate of drug-likeness (QED) is 0.173. The lowest BCUT2D eigenvalue weighted by Gasteiger charge is -2.15. The first-order chi connectivity index (χ1) is 26.2. The zero-order valence-electron chi connectivity index (χ0n) is 28.8. The van der Waals surface area contributed by atoms with Gasteiger partial charge in [0, 0.05) is 36.9 Å². The van der Waals surface area contributed by atoms with Gasteiger partial charge in [-0.3, -0.25) is 0 Å². The third-order valence-corrected chi connectivity index (χ3v) is 11.3. The lowest BCUT2D eigenvalue weighted by Crippen LogP contribution is -1.98. The van der Waals surface area contributed by atoms with Crippen LogP contribution in [0.3, 0.4) is 0 Å². The first-order valence-electron chi connectivity index (χ1n) is 17.9. The normalized spacial score (nSPS) is 11.4. The second-order valence-electron chi connectivity index (χ2n) is 13.4. The van der Waals surface area contributed by atoms with E-state index in [-0.39, 0.29) is 0 Å². The molecule has 0 aliphatic rings. The van der Waals surface area contributed by atoms with Gasteiger partial charge in [0.15, 0.2) is 5.82 Å². The fraction of sp³-hybridized carbons (Fsp3) is 0. The van der Waals surface area contributed by atoms with Gasteiger partial charge in [-0.25, -0.2) is 9.97 Å². The maximum absolute atomic E-state index is 5.41. The summed E-state index contributed by atoms with van der Waals surface area (Å²) in [6.07, 6.45) is 0. The summed E-state index contributed by atoms with van der Waals surface area (Å²) >= 11 is 1.86. The molecule has 10 aromatic rings. The summed E-state index contributed by atoms with van der Waals surface area (Å²) in [6, 6.07) is 69.2. The summed E-state index contributed by atoms with van der Waals surface area (Å²) in [4.78, 5) is 10.7. The minimum absolute atomic E-state index is 0.698. The van der Waals surface area contributed by atoms with Gasteiger partial charge in [0.05, 0.1) is 11.4 Å². The Labute approximate surface area is 312 Å². The molecule has 53 heavy (non-hydrogen) atoms. The van der Waals surface area contributed by atoms with Crippen molar-refractivity contribution < 1.29 is 0 Å². The highest BCUT2D eigenvalue weighted by atomic mass is 32.1. The van der Waals surface area contributed by atoms with Crippen molar-refractivity contribution in [3.05, 3.63) is 194 Å². The van der Waals surface area contributed by atoms with Crippen molar-refractivity contribution >= 4 is 42.3 Å². The molecule has 2 nitrogen and oxygen atoms in total. The van der Waals surface area contributed by atoms with Crippen LogP contribution in [-0.4, -0.2) is 9.97 Å². The Kier molecular flexibility index (Phi) is 7.71. The first kappa shape index (κ1) is 31.1. The van der Waals surface area contributed by atoms with Crippen molar-refractivity contribution in [2.75, 3.05) is 0 Å². The molecule has 0 bridgehead atoms. The number of nitrogens with zero attached hydrogens (tertiary/aromatic N) is 2. The highest BCUT2D eigenvalue weighted by molar-refractivity contribution is 7.26. The third-order valence-electron chi connectivity index (χ3n) is 10.1. The van der Waals surface area contributed by atoms with Crippen LogP contribution in [0.15, 0.2) is 194 Å². The zero-order chi connectivity index (χ0) is 35.1. The van der Waals surface area contributed by atoms with Crippen LogP contribution in [0.1, 0.15) is 0 Å². The molecule has 8 aromatic carbocycles. The van der Waals surface area contributed by atoms with Crippen molar-refractivity contribution in [2.45, 2.75) is 0 Å². The molecule has 0 aliphatic carbocycles. The van der Waals surface area contributed by atoms with Gasteiger partial charge in [-0.15, -0.1) is 11.3 Å². The average molecular weight is 693 g/mol. The first-order valence-corrected chi connectivity index (χ1v) is 18.7. The van der Waals surface area contributed by atoms with E-state index >= 15 is 0 Å². The second-order valence-corrected chi connectivity index (χ2v) is 14.4. The molecular weight excluding hydrogens is 661 g/mol. The molecular formula is C50H32N2S. The Morgan fingerprint density at radius 1 is 0.321 bits per heavy atom. The zero-order valence-corrected chi connectivity index (χ0v) is 29.6. The molecule has 0 unspecified atom stereocenters. The van der Waals surface area contributed by atoms with Crippen LogP contribution in [0.4, 0.5) is 0 Å². The maximum atomic E-state index is 5.41. The average Bonchev–Trinajstić information content (AvgIpc) is 3.63. The van der Waals surface area contributed by atoms with Crippen LogP contribution in [0.25, 0.3) is 98.2 Å². The highest BCUT2D eigenvalue weighted by Gasteiger charge is 2.18. The number of aromatic nitrogens is 2. The van der Waals surface area contributed by atoms with E-state index in [1.54, 1.807) is 0 Å². The molecule has 3 heteroatoms. The van der Waals surface area contributed by atoms with Crippen LogP contribution >= 0.6 is 11.3 Å². The second kappa shape index (κ2) is 13.1. The topological polar surface area (TPSA) is 25.8 Å². The van der Waals surface area contributed by atoms with E-state index in [1.165, 1.54) is 36.5 Å². The predicted molar refractivity (Wildman–Crippen MR) is 225 cm³/mol. The summed E-state index contributed by atoms with van der Waals surface area (Å²) in [5.41, 5.74) is 11.8. The smallest absolute Gasteiger partial charge is 0.161 e. The van der Waals surface area contributed by atoms with Gasteiger partial charge in [-0.1, -0.05) is 158 Å². The Balaban J connectivity index is 1.23. The van der Waals surface area contributed by atoms with Crippen LogP contribution < -0.4 is 0 Å². The lowest BCUT2D eigenvalue weighted by atomic mass is 9.93. The van der Waals surface area contributed by atoms with E-state index in [2.05, 4.69) is 194 Å². The van der Waals surface area contributed by atoms with Gasteiger partial charge in [-0.05, 0) is 80.6 Å². The molecule has 0 spiro atoms. The van der Waals surface area contributed by atoms with Gasteiger partial charge in [0.25, 0.3) is 0 Å². The van der Waals surface area contributed by atoms with Crippen molar-refractivity contribution in [3.63, 3.8) is 0 Å². The molecule has 0 saturated carbocycles. The van der Waals surface area contributed by atoms with Crippen molar-refractivity contribution in [1.29, 1.82) is 0 Å². The summed E-state index contributed by atoms with van der Waals surface area (Å²) in [5.74, 6) is 0.698. The molecule has 0 N–H and O–H groups in total. The minimum Gasteiger partial charge on any atom is -0.228 e. The monoisotopic (exact) mass is 692 g/mol. The maximum Gasteiger partial charge on any atom is 0.161 e. The number of hydrogen-bond donors (Lipinski definition) is 0. The molecule has 0 amide bonds. The largest absolute Gasteiger partial charge is 0.228 e. The van der Waals surface area contributed by atoms with Crippen LogP contribution in [0, 0.1) is 0 Å². The molecule has 2 aromatic heterocycles. The fourth-order valence-electron chi connectivity index (χ4n) is 7.46. The van der Waals surface area contributed by atoms with E-state index in [4.69, 9.17) is 9.97 Å². The predicted octanol–water partition coefficient (Wildman–Crippen LogP) is 14.0. The summed E-state index contributed by atoms with van der Waals surface area (Å²) < 4.78 is 2.59. The standard InChI is InChI=1S/C50H32N2S/c1-3-14-33(15-4-1)38-29-39(42-23-13-24-44-43-21-11-12-25-48(43)53-49(42)44)31-40(30-38)47-32-46(37-27-26-34-16-7-8-19-36(34)28-37)51-50(52-47)45-22-10-9-20-41(45)35-17-5-2-6-18-35/h1-32H. The summed E-state index contributed by atoms with van der Waals surface area (Å²) in [6.45, 7) is 0. The number of rotatable bonds is 6. The molecule has 0 aliphatic heterocycles. The molecule has 0 saturated heterocycles. The van der Waals surface area contributed by atoms with Crippen molar-refractivity contribution in [3.8, 4) is 67.3 Å². The van der Waals surface area contributed by atoms with Crippen LogP contribution in [0.5, 0.6) is 0 Å². The van der Waals surface area contributed by atoms with Crippen LogP contribution in [-0.2, 0) is 0 Å². The summed E-state index contributed by atoms with van der Waals surface area (Å²) in [5, 5.41) is 4.97. The molecule has 248 valence electrons. The van der Waals surface area contributed by atoms with Crippen molar-refractivity contribution in [2.24, 2.45) is 0 Å². The number of fused-ring (bicyclic) bond motifs is 4. The van der Waals surface area contributed by atoms with E-state index in [0.29, 0.717) is 5.82 Å². The lowest BCUT2D eigenvalue weighted by molar-refractivity contribution is 1.18. The SMILES string of the molecule is c1ccc(-c2cc(-c3cc(-c4ccc5ccccc5c4)nc(-c4ccccc4-c4ccccc4)n3)cc(-c3cccc4c3sc3ccccc34)c2)cc1. The number of benzene rings is 8. The highest BCUT2D eigenvalue weighted by Crippen LogP contribution is 2.42. The van der Waals surface area contributed by atoms with Crippen LogP contribution in [0.2, 0.25) is 0 Å². The molecule has 0 radical (unpaired) electrons. The van der Waals surface area contributed by atoms with E-state index in [9.17, 15) is 0 Å². The third kappa shape index (κ3) is 5.78. The Bertz CT molecular complexity index is 2950. The van der Waals surface area contributed by atoms with Gasteiger partial charge in [-0.2, -0.15) is 0 Å². The molecule has 10 rings (SSSR count). The Morgan fingerprint density at radius 3 is 1.75 bits per heavy atom. The summed E-state index contributed by atoms with van der Waals surface area (Å²) in [7, 11) is 0. The van der Waals surface area contributed by atoms with Gasteiger partial charge in [0.2, 0.25) is 0 Å². The number of hydrogen-bond acceptors (Lipinski definition) is 3. The Hall–Kier alpha value is -6.68. The fourth-order valence-corrected chi connectivity index (χ4v) is 8.70. The van der Waals surface area contributed by atoms with Crippen molar-refractivity contribution in [1.82, 2.24) is 9.97 Å². The van der Waals surface area contributed by atoms with E-state index in [1.807, 2.05) is 11.3 Å². The van der Waals surface area contributed by atoms with E-state index < -0.39 is 0 Å². The van der Waals surface area contributed by atoms with Gasteiger partial charge >= 0.3 is 0 Å². The number of thiophene rings is 1. The van der Waals surface area contributed by atoms with Gasteiger partial charge in [0.1, 0.15) is 0 Å².